The van der Waals surface area contributed by atoms with Gasteiger partial charge < -0.3 is 5.11 Å². The van der Waals surface area contributed by atoms with Gasteiger partial charge in [0.15, 0.2) is 5.16 Å². The number of rotatable bonds is 3. The maximum atomic E-state index is 10.5. The van der Waals surface area contributed by atoms with E-state index in [1.165, 1.54) is 17.8 Å². The van der Waals surface area contributed by atoms with Crippen LogP contribution in [0.4, 0.5) is 10.5 Å². The molecule has 19 heavy (non-hydrogen) atoms. The summed E-state index contributed by atoms with van der Waals surface area (Å²) in [6.45, 7) is 0. The van der Waals surface area contributed by atoms with E-state index < -0.39 is 6.09 Å². The molecular formula is C11H7Cl2N3O2S. The molecule has 0 aliphatic rings. The van der Waals surface area contributed by atoms with Crippen LogP contribution >= 0.6 is 35.0 Å². The molecule has 1 aromatic carbocycles. The van der Waals surface area contributed by atoms with Crippen molar-refractivity contribution in [1.82, 2.24) is 9.97 Å². The molecule has 0 radical (unpaired) electrons. The molecule has 8 heteroatoms. The van der Waals surface area contributed by atoms with Crippen LogP contribution in [0.3, 0.4) is 0 Å². The SMILES string of the molecule is O=C(O)Nc1ccc(Sc2nc(Cl)cc(Cl)n2)cc1. The maximum Gasteiger partial charge on any atom is 0.409 e. The van der Waals surface area contributed by atoms with Gasteiger partial charge in [-0.1, -0.05) is 23.2 Å². The largest absolute Gasteiger partial charge is 0.465 e. The van der Waals surface area contributed by atoms with Crippen LogP contribution in [0.1, 0.15) is 0 Å². The molecule has 2 N–H and O–H groups in total. The molecule has 1 aromatic heterocycles. The van der Waals surface area contributed by atoms with Gasteiger partial charge in [0.2, 0.25) is 0 Å². The van der Waals surface area contributed by atoms with E-state index in [1.807, 2.05) is 0 Å². The van der Waals surface area contributed by atoms with Gasteiger partial charge in [0.25, 0.3) is 0 Å². The summed E-state index contributed by atoms with van der Waals surface area (Å²) in [5, 5.41) is 11.8. The van der Waals surface area contributed by atoms with Gasteiger partial charge in [-0.15, -0.1) is 0 Å². The molecule has 0 aliphatic carbocycles. The molecule has 98 valence electrons. The number of nitrogens with zero attached hydrogens (tertiary/aromatic N) is 2. The van der Waals surface area contributed by atoms with E-state index in [0.29, 0.717) is 10.8 Å². The van der Waals surface area contributed by atoms with Crippen molar-refractivity contribution < 1.29 is 9.90 Å². The number of nitrogens with one attached hydrogen (secondary N) is 1. The first-order valence-electron chi connectivity index (χ1n) is 5.01. The lowest BCUT2D eigenvalue weighted by Crippen LogP contribution is -2.06. The molecule has 0 spiro atoms. The number of carboxylic acid groups (broad SMARTS) is 1. The summed E-state index contributed by atoms with van der Waals surface area (Å²) in [7, 11) is 0. The highest BCUT2D eigenvalue weighted by Gasteiger charge is 2.05. The van der Waals surface area contributed by atoms with Gasteiger partial charge in [-0.05, 0) is 36.0 Å². The molecule has 0 aliphatic heterocycles. The van der Waals surface area contributed by atoms with Crippen LogP contribution < -0.4 is 5.32 Å². The minimum Gasteiger partial charge on any atom is -0.465 e. The van der Waals surface area contributed by atoms with E-state index in [1.54, 1.807) is 24.3 Å². The van der Waals surface area contributed by atoms with E-state index >= 15 is 0 Å². The number of benzene rings is 1. The topological polar surface area (TPSA) is 75.1 Å². The molecule has 0 saturated carbocycles. The van der Waals surface area contributed by atoms with E-state index in [4.69, 9.17) is 28.3 Å². The number of hydrogen-bond donors (Lipinski definition) is 2. The van der Waals surface area contributed by atoms with Crippen LogP contribution in [-0.4, -0.2) is 21.2 Å². The molecule has 0 fully saturated rings. The Kier molecular flexibility index (Phi) is 4.47. The van der Waals surface area contributed by atoms with Crippen molar-refractivity contribution in [3.05, 3.63) is 40.6 Å². The Morgan fingerprint density at radius 1 is 1.16 bits per heavy atom. The number of anilines is 1. The molecule has 5 nitrogen and oxygen atoms in total. The minimum atomic E-state index is -1.11. The van der Waals surface area contributed by atoms with Gasteiger partial charge in [0, 0.05) is 16.6 Å². The van der Waals surface area contributed by atoms with Crippen molar-refractivity contribution in [1.29, 1.82) is 0 Å². The molecule has 2 aromatic rings. The molecule has 0 atom stereocenters. The summed E-state index contributed by atoms with van der Waals surface area (Å²) in [6.07, 6.45) is -1.11. The summed E-state index contributed by atoms with van der Waals surface area (Å²) in [4.78, 5) is 19.3. The van der Waals surface area contributed by atoms with Crippen molar-refractivity contribution >= 4 is 46.7 Å². The Labute approximate surface area is 123 Å². The molecular weight excluding hydrogens is 309 g/mol. The minimum absolute atomic E-state index is 0.270. The zero-order valence-electron chi connectivity index (χ0n) is 9.30. The molecule has 0 bridgehead atoms. The second-order valence-electron chi connectivity index (χ2n) is 3.35. The monoisotopic (exact) mass is 315 g/mol. The fraction of sp³-hybridized carbons (Fsp3) is 0. The second kappa shape index (κ2) is 6.10. The van der Waals surface area contributed by atoms with Crippen LogP contribution in [0.15, 0.2) is 40.4 Å². The average Bonchev–Trinajstić information content (AvgIpc) is 2.29. The van der Waals surface area contributed by atoms with Gasteiger partial charge in [-0.2, -0.15) is 0 Å². The second-order valence-corrected chi connectivity index (χ2v) is 5.17. The van der Waals surface area contributed by atoms with E-state index in [9.17, 15) is 4.79 Å². The third-order valence-electron chi connectivity index (χ3n) is 1.96. The maximum absolute atomic E-state index is 10.5. The number of amides is 1. The van der Waals surface area contributed by atoms with Crippen LogP contribution in [0.2, 0.25) is 10.3 Å². The lowest BCUT2D eigenvalue weighted by Gasteiger charge is -2.03. The molecule has 0 unspecified atom stereocenters. The summed E-state index contributed by atoms with van der Waals surface area (Å²) in [5.41, 5.74) is 0.488. The van der Waals surface area contributed by atoms with E-state index in [-0.39, 0.29) is 10.3 Å². The third kappa shape index (κ3) is 4.27. The van der Waals surface area contributed by atoms with Crippen molar-refractivity contribution in [2.75, 3.05) is 5.32 Å². The van der Waals surface area contributed by atoms with Crippen LogP contribution in [0, 0.1) is 0 Å². The Morgan fingerprint density at radius 3 is 2.26 bits per heavy atom. The highest BCUT2D eigenvalue weighted by atomic mass is 35.5. The lowest BCUT2D eigenvalue weighted by atomic mass is 10.3. The van der Waals surface area contributed by atoms with Crippen LogP contribution in [0.5, 0.6) is 0 Å². The number of aromatic nitrogens is 2. The summed E-state index contributed by atoms with van der Waals surface area (Å²) in [5.74, 6) is 0. The Bertz CT molecular complexity index is 587. The van der Waals surface area contributed by atoms with Crippen molar-refractivity contribution in [3.8, 4) is 0 Å². The number of hydrogen-bond acceptors (Lipinski definition) is 4. The number of carbonyl (C=O) groups is 1. The van der Waals surface area contributed by atoms with Crippen LogP contribution in [0.25, 0.3) is 0 Å². The summed E-state index contributed by atoms with van der Waals surface area (Å²) < 4.78 is 0. The number of halogens is 2. The highest BCUT2D eigenvalue weighted by Crippen LogP contribution is 2.27. The standard InChI is InChI=1S/C11H7Cl2N3O2S/c12-8-5-9(13)16-10(15-8)19-7-3-1-6(2-4-7)14-11(17)18/h1-5,14H,(H,17,18). The van der Waals surface area contributed by atoms with Crippen molar-refractivity contribution in [2.45, 2.75) is 10.1 Å². The van der Waals surface area contributed by atoms with Gasteiger partial charge in [-0.25, -0.2) is 14.8 Å². The van der Waals surface area contributed by atoms with Crippen molar-refractivity contribution in [3.63, 3.8) is 0 Å². The fourth-order valence-corrected chi connectivity index (χ4v) is 2.55. The lowest BCUT2D eigenvalue weighted by molar-refractivity contribution is 0.210. The fourth-order valence-electron chi connectivity index (χ4n) is 1.25. The first-order valence-corrected chi connectivity index (χ1v) is 6.58. The predicted molar refractivity (Wildman–Crippen MR) is 74.3 cm³/mol. The quantitative estimate of drug-likeness (QED) is 0.660. The first-order chi connectivity index (χ1) is 9.02. The van der Waals surface area contributed by atoms with E-state index in [2.05, 4.69) is 15.3 Å². The summed E-state index contributed by atoms with van der Waals surface area (Å²) in [6, 6.07) is 8.22. The molecule has 2 rings (SSSR count). The third-order valence-corrected chi connectivity index (χ3v) is 3.22. The van der Waals surface area contributed by atoms with E-state index in [0.717, 1.165) is 4.90 Å². The molecule has 1 amide bonds. The normalized spacial score (nSPS) is 10.2. The smallest absolute Gasteiger partial charge is 0.409 e. The Morgan fingerprint density at radius 2 is 1.74 bits per heavy atom. The Balaban J connectivity index is 2.12. The first kappa shape index (κ1) is 13.9. The zero-order chi connectivity index (χ0) is 13.8. The van der Waals surface area contributed by atoms with Gasteiger partial charge in [-0.3, -0.25) is 5.32 Å². The van der Waals surface area contributed by atoms with Crippen LogP contribution in [-0.2, 0) is 0 Å². The Hall–Kier alpha value is -1.50. The molecule has 1 heterocycles. The highest BCUT2D eigenvalue weighted by molar-refractivity contribution is 7.99. The van der Waals surface area contributed by atoms with Crippen molar-refractivity contribution in [2.24, 2.45) is 0 Å². The molecule has 0 saturated heterocycles. The van der Waals surface area contributed by atoms with Gasteiger partial charge in [0.05, 0.1) is 0 Å². The zero-order valence-corrected chi connectivity index (χ0v) is 11.6. The summed E-state index contributed by atoms with van der Waals surface area (Å²) >= 11 is 12.8. The predicted octanol–water partition coefficient (Wildman–Crippen LogP) is 4.02. The average molecular weight is 316 g/mol. The van der Waals surface area contributed by atoms with Gasteiger partial charge >= 0.3 is 6.09 Å². The van der Waals surface area contributed by atoms with Gasteiger partial charge in [0.1, 0.15) is 10.3 Å².